The van der Waals surface area contributed by atoms with Crippen molar-refractivity contribution < 1.29 is 23.1 Å². The summed E-state index contributed by atoms with van der Waals surface area (Å²) in [7, 11) is 2.53. The summed E-state index contributed by atoms with van der Waals surface area (Å²) in [6, 6.07) is 32.8. The molecule has 0 saturated heterocycles. The van der Waals surface area contributed by atoms with Crippen LogP contribution in [0.25, 0.3) is 0 Å². The number of unbranched alkanes of at least 4 members (excludes halogenated alkanes) is 5. The van der Waals surface area contributed by atoms with Gasteiger partial charge in [0.25, 0.3) is 0 Å². The Hall–Kier alpha value is -2.51. The summed E-state index contributed by atoms with van der Waals surface area (Å²) < 4.78 is 23.3. The Balaban J connectivity index is 1.64. The van der Waals surface area contributed by atoms with Crippen molar-refractivity contribution in [3.05, 3.63) is 108 Å². The predicted octanol–water partition coefficient (Wildman–Crippen LogP) is 8.38. The molecule has 46 heavy (non-hydrogen) atoms. The van der Waals surface area contributed by atoms with Crippen LogP contribution in [-0.2, 0) is 13.3 Å². The van der Waals surface area contributed by atoms with Crippen LogP contribution in [0.4, 0.5) is 0 Å². The number of phenolic OH excluding ortho intramolecular Hbond substituents is 1. The molecule has 0 radical (unpaired) electrons. The molecule has 0 unspecified atom stereocenters. The normalized spacial score (nSPS) is 12.9. The number of hydrogen-bond donors (Lipinski definition) is 1. The second-order valence-electron chi connectivity index (χ2n) is 12.2. The Morgan fingerprint density at radius 1 is 0.587 bits per heavy atom. The molecular formula is C38H50BrO5PSi. The van der Waals surface area contributed by atoms with Crippen molar-refractivity contribution >= 4 is 50.8 Å². The first-order valence-corrected chi connectivity index (χ1v) is 22.4. The first kappa shape index (κ1) is 36.3. The molecule has 4 rings (SSSR count). The Bertz CT molecular complexity index is 1420. The van der Waals surface area contributed by atoms with Gasteiger partial charge in [-0.3, -0.25) is 0 Å². The van der Waals surface area contributed by atoms with Gasteiger partial charge in [-0.05, 0) is 0 Å². The van der Waals surface area contributed by atoms with E-state index >= 15 is 0 Å². The van der Waals surface area contributed by atoms with Crippen LogP contribution < -0.4 is 26.0 Å². The van der Waals surface area contributed by atoms with Gasteiger partial charge in [0.2, 0.25) is 0 Å². The van der Waals surface area contributed by atoms with Gasteiger partial charge in [-0.2, -0.15) is 0 Å². The topological polar surface area (TPSA) is 57.2 Å². The Morgan fingerprint density at radius 3 is 1.43 bits per heavy atom. The third-order valence-electron chi connectivity index (χ3n) is 9.02. The molecule has 248 valence electrons. The molecular weight excluding hydrogens is 675 g/mol. The number of aromatic hydroxyl groups is 1. The zero-order chi connectivity index (χ0) is 33.2. The molecule has 0 aliphatic carbocycles. The van der Waals surface area contributed by atoms with E-state index in [-0.39, 0.29) is 5.75 Å². The number of halogens is 1. The third-order valence-corrected chi connectivity index (χ3v) is 21.7. The minimum absolute atomic E-state index is 0.213. The number of phenols is 1. The summed E-state index contributed by atoms with van der Waals surface area (Å²) in [5.41, 5.74) is 3.58. The van der Waals surface area contributed by atoms with E-state index in [4.69, 9.17) is 18.0 Å². The van der Waals surface area contributed by atoms with Gasteiger partial charge in [0.1, 0.15) is 0 Å². The standard InChI is InChI=1S/C38H50BrO5PSi/c1-30-13-20-34(21-14-30)45(39,35-22-15-31(2)16-23-35,36-24-17-32(3)18-25-36)38-29-33(40)19-26-37(38)44-27-11-9-7-8-10-12-28-46(41-4,42-5)43-6/h13-26,29,40H,7-12,27-28H2,1-6H3. The molecule has 0 aliphatic heterocycles. The van der Waals surface area contributed by atoms with Crippen molar-refractivity contribution in [3.63, 3.8) is 0 Å². The molecule has 4 aromatic carbocycles. The van der Waals surface area contributed by atoms with E-state index in [0.717, 1.165) is 71.5 Å². The van der Waals surface area contributed by atoms with Crippen molar-refractivity contribution in [2.24, 2.45) is 0 Å². The van der Waals surface area contributed by atoms with Crippen molar-refractivity contribution in [2.45, 2.75) is 65.3 Å². The molecule has 0 aliphatic rings. The van der Waals surface area contributed by atoms with Crippen molar-refractivity contribution in [3.8, 4) is 11.5 Å². The minimum atomic E-state index is -3.59. The SMILES string of the molecule is CO[Si](CCCCCCCCOc1ccc(O)cc1P(Br)(c1ccc(C)cc1)(c1ccc(C)cc1)c1ccc(C)cc1)(OC)OC. The fourth-order valence-corrected chi connectivity index (χ4v) is 15.7. The van der Waals surface area contributed by atoms with Gasteiger partial charge in [0.05, 0.1) is 0 Å². The van der Waals surface area contributed by atoms with Crippen LogP contribution in [0.15, 0.2) is 91.0 Å². The van der Waals surface area contributed by atoms with Crippen LogP contribution in [0, 0.1) is 20.8 Å². The minimum Gasteiger partial charge on any atom is -0.377 e. The predicted molar refractivity (Wildman–Crippen MR) is 201 cm³/mol. The van der Waals surface area contributed by atoms with Gasteiger partial charge in [-0.15, -0.1) is 0 Å². The first-order valence-electron chi connectivity index (χ1n) is 16.2. The zero-order valence-electron chi connectivity index (χ0n) is 28.2. The average Bonchev–Trinajstić information content (AvgIpc) is 3.07. The summed E-state index contributed by atoms with van der Waals surface area (Å²) in [4.78, 5) is 0. The van der Waals surface area contributed by atoms with Crippen LogP contribution in [0.5, 0.6) is 11.5 Å². The van der Waals surface area contributed by atoms with Gasteiger partial charge < -0.3 is 13.3 Å². The monoisotopic (exact) mass is 724 g/mol. The van der Waals surface area contributed by atoms with E-state index in [1.807, 2.05) is 12.1 Å². The fourth-order valence-electron chi connectivity index (χ4n) is 6.18. The molecule has 0 amide bonds. The van der Waals surface area contributed by atoms with Crippen LogP contribution in [0.2, 0.25) is 6.04 Å². The average molecular weight is 726 g/mol. The smallest absolute Gasteiger partial charge is 0.0272 e. The third kappa shape index (κ3) is 7.62. The second kappa shape index (κ2) is 16.1. The van der Waals surface area contributed by atoms with Gasteiger partial charge in [-0.25, -0.2) is 0 Å². The molecule has 0 fully saturated rings. The van der Waals surface area contributed by atoms with Gasteiger partial charge >= 0.3 is 252 Å². The largest absolute Gasteiger partial charge is 0.377 e. The molecule has 8 heteroatoms. The van der Waals surface area contributed by atoms with E-state index in [1.54, 1.807) is 27.4 Å². The summed E-state index contributed by atoms with van der Waals surface area (Å²) in [6.45, 7) is 6.93. The molecule has 0 saturated carbocycles. The van der Waals surface area contributed by atoms with E-state index in [1.165, 1.54) is 16.7 Å². The Morgan fingerprint density at radius 2 is 1.00 bits per heavy atom. The maximum atomic E-state index is 11.0. The number of hydrogen-bond acceptors (Lipinski definition) is 5. The van der Waals surface area contributed by atoms with Gasteiger partial charge in [0.15, 0.2) is 0 Å². The zero-order valence-corrected chi connectivity index (χ0v) is 31.7. The van der Waals surface area contributed by atoms with Crippen LogP contribution >= 0.6 is 20.8 Å². The summed E-state index contributed by atoms with van der Waals surface area (Å²) in [5.74, 6) is 0.999. The van der Waals surface area contributed by atoms with E-state index in [9.17, 15) is 5.11 Å². The number of ether oxygens (including phenoxy) is 1. The number of rotatable bonds is 17. The summed E-state index contributed by atoms with van der Waals surface area (Å²) in [5, 5.41) is 11.9. The summed E-state index contributed by atoms with van der Waals surface area (Å²) >= 11 is 4.59. The van der Waals surface area contributed by atoms with Gasteiger partial charge in [-0.1, -0.05) is 0 Å². The molecule has 0 bridgehead atoms. The Kier molecular flexibility index (Phi) is 12.7. The van der Waals surface area contributed by atoms with Crippen molar-refractivity contribution in [1.82, 2.24) is 0 Å². The second-order valence-corrected chi connectivity index (χ2v) is 23.6. The van der Waals surface area contributed by atoms with Crippen LogP contribution in [0.3, 0.4) is 0 Å². The van der Waals surface area contributed by atoms with Crippen LogP contribution in [0.1, 0.15) is 55.2 Å². The maximum Gasteiger partial charge on any atom is 0.0272 e. The molecule has 0 atom stereocenters. The van der Waals surface area contributed by atoms with Gasteiger partial charge in [0, 0.05) is 21.3 Å². The molecule has 0 aromatic heterocycles. The molecule has 4 aromatic rings. The van der Waals surface area contributed by atoms with E-state index < -0.39 is 14.1 Å². The maximum absolute atomic E-state index is 11.0. The molecule has 1 N–H and O–H groups in total. The fraction of sp³-hybridized carbons (Fsp3) is 0.368. The number of benzene rings is 4. The van der Waals surface area contributed by atoms with E-state index in [0.29, 0.717) is 6.61 Å². The molecule has 0 heterocycles. The molecule has 0 spiro atoms. The quantitative estimate of drug-likeness (QED) is 0.0674. The first-order chi connectivity index (χ1) is 22.1. The van der Waals surface area contributed by atoms with Crippen molar-refractivity contribution in [1.29, 1.82) is 0 Å². The van der Waals surface area contributed by atoms with Crippen LogP contribution in [-0.4, -0.2) is 41.8 Å². The number of aryl methyl sites for hydroxylation is 3. The Labute approximate surface area is 285 Å². The summed E-state index contributed by atoms with van der Waals surface area (Å²) in [6.07, 6.45) is 6.48. The van der Waals surface area contributed by atoms with E-state index in [2.05, 4.69) is 109 Å². The molecule has 5 nitrogen and oxygen atoms in total. The van der Waals surface area contributed by atoms with Crippen molar-refractivity contribution in [2.75, 3.05) is 27.9 Å².